The number of carboxylic acids is 1. The van der Waals surface area contributed by atoms with Gasteiger partial charge in [0.2, 0.25) is 0 Å². The number of carbonyl (C=O) groups is 1. The minimum atomic E-state index is -0.903. The van der Waals surface area contributed by atoms with Gasteiger partial charge in [-0.2, -0.15) is 0 Å². The zero-order chi connectivity index (χ0) is 15.0. The maximum atomic E-state index is 11.4. The molecule has 0 radical (unpaired) electrons. The average molecular weight is 277 g/mol. The normalized spacial score (nSPS) is 10.8. The summed E-state index contributed by atoms with van der Waals surface area (Å²) in [7, 11) is 0. The van der Waals surface area contributed by atoms with E-state index in [0.717, 1.165) is 33.3 Å². The molecule has 1 aromatic heterocycles. The molecule has 2 aromatic carbocycles. The maximum Gasteiger partial charge on any atom is 0.336 e. The van der Waals surface area contributed by atoms with Crippen LogP contribution in [0.15, 0.2) is 48.5 Å². The van der Waals surface area contributed by atoms with Crippen molar-refractivity contribution in [2.45, 2.75) is 13.8 Å². The van der Waals surface area contributed by atoms with E-state index in [9.17, 15) is 9.90 Å². The molecule has 3 nitrogen and oxygen atoms in total. The van der Waals surface area contributed by atoms with E-state index in [-0.39, 0.29) is 0 Å². The number of rotatable bonds is 2. The molecule has 104 valence electrons. The van der Waals surface area contributed by atoms with Crippen molar-refractivity contribution < 1.29 is 9.90 Å². The highest BCUT2D eigenvalue weighted by molar-refractivity contribution is 6.08. The summed E-state index contributed by atoms with van der Waals surface area (Å²) in [6.45, 7) is 3.93. The highest BCUT2D eigenvalue weighted by Gasteiger charge is 2.11. The van der Waals surface area contributed by atoms with Gasteiger partial charge in [-0.25, -0.2) is 4.79 Å². The van der Waals surface area contributed by atoms with Crippen molar-refractivity contribution in [1.82, 2.24) is 4.98 Å². The number of hydrogen-bond acceptors (Lipinski definition) is 2. The van der Waals surface area contributed by atoms with E-state index in [1.807, 2.05) is 50.2 Å². The maximum absolute atomic E-state index is 11.4. The number of benzene rings is 2. The molecule has 0 spiro atoms. The highest BCUT2D eigenvalue weighted by Crippen LogP contribution is 2.31. The van der Waals surface area contributed by atoms with Gasteiger partial charge < -0.3 is 5.11 Å². The molecule has 3 heteroatoms. The summed E-state index contributed by atoms with van der Waals surface area (Å²) in [6.07, 6.45) is 0. The first-order chi connectivity index (χ1) is 10.1. The van der Waals surface area contributed by atoms with E-state index < -0.39 is 5.97 Å². The molecule has 0 fully saturated rings. The summed E-state index contributed by atoms with van der Waals surface area (Å²) in [4.78, 5) is 15.8. The minimum absolute atomic E-state index is 0.330. The molecule has 0 bridgehead atoms. The van der Waals surface area contributed by atoms with E-state index in [4.69, 9.17) is 0 Å². The second kappa shape index (κ2) is 5.02. The first kappa shape index (κ1) is 13.3. The zero-order valence-electron chi connectivity index (χ0n) is 11.9. The third-order valence-electron chi connectivity index (χ3n) is 3.54. The molecule has 0 amide bonds. The fourth-order valence-electron chi connectivity index (χ4n) is 2.74. The Bertz CT molecular complexity index is 833. The van der Waals surface area contributed by atoms with Crippen molar-refractivity contribution in [1.29, 1.82) is 0 Å². The topological polar surface area (TPSA) is 50.2 Å². The Hall–Kier alpha value is -2.68. The van der Waals surface area contributed by atoms with E-state index in [1.54, 1.807) is 12.1 Å². The predicted molar refractivity (Wildman–Crippen MR) is 83.6 cm³/mol. The largest absolute Gasteiger partial charge is 0.478 e. The molecule has 1 heterocycles. The van der Waals surface area contributed by atoms with Crippen molar-refractivity contribution in [3.05, 3.63) is 65.5 Å². The van der Waals surface area contributed by atoms with Gasteiger partial charge in [0.15, 0.2) is 0 Å². The number of nitrogens with zero attached hydrogens (tertiary/aromatic N) is 1. The molecule has 0 atom stereocenters. The molecule has 0 unspecified atom stereocenters. The molecule has 21 heavy (non-hydrogen) atoms. The van der Waals surface area contributed by atoms with Crippen molar-refractivity contribution in [2.24, 2.45) is 0 Å². The van der Waals surface area contributed by atoms with Gasteiger partial charge in [0.05, 0.1) is 5.56 Å². The summed E-state index contributed by atoms with van der Waals surface area (Å²) in [6, 6.07) is 15.2. The Balaban J connectivity index is 2.33. The smallest absolute Gasteiger partial charge is 0.336 e. The fraction of sp³-hybridized carbons (Fsp3) is 0.111. The predicted octanol–water partition coefficient (Wildman–Crippen LogP) is 4.22. The third-order valence-corrected chi connectivity index (χ3v) is 3.54. The lowest BCUT2D eigenvalue weighted by molar-refractivity contribution is 0.0699. The monoisotopic (exact) mass is 277 g/mol. The molecular weight excluding hydrogens is 262 g/mol. The summed E-state index contributed by atoms with van der Waals surface area (Å²) < 4.78 is 0. The Morgan fingerprint density at radius 1 is 0.952 bits per heavy atom. The molecule has 0 saturated heterocycles. The molecule has 0 aliphatic heterocycles. The second-order valence-electron chi connectivity index (χ2n) is 5.15. The van der Waals surface area contributed by atoms with Gasteiger partial charge in [-0.15, -0.1) is 0 Å². The Labute approximate surface area is 122 Å². The van der Waals surface area contributed by atoms with Gasteiger partial charge in [-0.3, -0.25) is 4.98 Å². The summed E-state index contributed by atoms with van der Waals surface area (Å²) in [5.41, 5.74) is 4.34. The van der Waals surface area contributed by atoms with Crippen molar-refractivity contribution >= 4 is 16.7 Å². The molecule has 0 saturated carbocycles. The van der Waals surface area contributed by atoms with Crippen LogP contribution < -0.4 is 0 Å². The molecular formula is C18H15NO2. The number of fused-ring (bicyclic) bond motifs is 1. The van der Waals surface area contributed by atoms with Crippen LogP contribution in [0.2, 0.25) is 0 Å². The Morgan fingerprint density at radius 3 is 2.24 bits per heavy atom. The zero-order valence-corrected chi connectivity index (χ0v) is 11.9. The Morgan fingerprint density at radius 2 is 1.57 bits per heavy atom. The quantitative estimate of drug-likeness (QED) is 0.763. The van der Waals surface area contributed by atoms with Crippen LogP contribution >= 0.6 is 0 Å². The van der Waals surface area contributed by atoms with Gasteiger partial charge in [0, 0.05) is 11.4 Å². The molecule has 0 aliphatic rings. The van der Waals surface area contributed by atoms with E-state index in [0.29, 0.717) is 5.56 Å². The third kappa shape index (κ3) is 2.38. The van der Waals surface area contributed by atoms with Gasteiger partial charge >= 0.3 is 5.97 Å². The van der Waals surface area contributed by atoms with Crippen LogP contribution in [0.5, 0.6) is 0 Å². The van der Waals surface area contributed by atoms with Crippen LogP contribution in [-0.4, -0.2) is 16.1 Å². The standard InChI is InChI=1S/C18H15NO2/c1-11-9-13(10-12(2)19-11)14-5-3-7-16-15(14)6-4-8-17(16)18(20)21/h3-10H,1-2H3,(H,20,21). The minimum Gasteiger partial charge on any atom is -0.478 e. The first-order valence-electron chi connectivity index (χ1n) is 6.77. The van der Waals surface area contributed by atoms with Crippen LogP contribution in [0.4, 0.5) is 0 Å². The number of hydrogen-bond donors (Lipinski definition) is 1. The SMILES string of the molecule is Cc1cc(-c2cccc3c(C(=O)O)cccc23)cc(C)n1. The van der Waals surface area contributed by atoms with Crippen molar-refractivity contribution in [3.8, 4) is 11.1 Å². The number of aromatic nitrogens is 1. The van der Waals surface area contributed by atoms with Crippen LogP contribution in [0.1, 0.15) is 21.7 Å². The van der Waals surface area contributed by atoms with Crippen LogP contribution in [0, 0.1) is 13.8 Å². The lowest BCUT2D eigenvalue weighted by Gasteiger charge is -2.10. The average Bonchev–Trinajstić information content (AvgIpc) is 2.44. The van der Waals surface area contributed by atoms with E-state index in [2.05, 4.69) is 4.98 Å². The summed E-state index contributed by atoms with van der Waals surface area (Å²) >= 11 is 0. The summed E-state index contributed by atoms with van der Waals surface area (Å²) in [5.74, 6) is -0.903. The van der Waals surface area contributed by atoms with Gasteiger partial charge in [0.1, 0.15) is 0 Å². The van der Waals surface area contributed by atoms with Crippen LogP contribution in [0.25, 0.3) is 21.9 Å². The van der Waals surface area contributed by atoms with Gasteiger partial charge in [-0.05, 0) is 53.9 Å². The number of aryl methyl sites for hydroxylation is 2. The fourth-order valence-corrected chi connectivity index (χ4v) is 2.74. The van der Waals surface area contributed by atoms with E-state index in [1.165, 1.54) is 0 Å². The number of pyridine rings is 1. The first-order valence-corrected chi connectivity index (χ1v) is 6.77. The molecule has 3 aromatic rings. The van der Waals surface area contributed by atoms with Crippen molar-refractivity contribution in [2.75, 3.05) is 0 Å². The van der Waals surface area contributed by atoms with Crippen LogP contribution in [-0.2, 0) is 0 Å². The summed E-state index contributed by atoms with van der Waals surface area (Å²) in [5, 5.41) is 11.0. The van der Waals surface area contributed by atoms with Gasteiger partial charge in [0.25, 0.3) is 0 Å². The highest BCUT2D eigenvalue weighted by atomic mass is 16.4. The lowest BCUT2D eigenvalue weighted by Crippen LogP contribution is -1.97. The van der Waals surface area contributed by atoms with E-state index >= 15 is 0 Å². The number of carboxylic acid groups (broad SMARTS) is 1. The molecule has 1 N–H and O–H groups in total. The second-order valence-corrected chi connectivity index (χ2v) is 5.15. The number of aromatic carboxylic acids is 1. The van der Waals surface area contributed by atoms with Crippen LogP contribution in [0.3, 0.4) is 0 Å². The molecule has 0 aliphatic carbocycles. The molecule has 3 rings (SSSR count). The lowest BCUT2D eigenvalue weighted by atomic mass is 9.95. The van der Waals surface area contributed by atoms with Gasteiger partial charge in [-0.1, -0.05) is 30.3 Å². The van der Waals surface area contributed by atoms with Crippen molar-refractivity contribution in [3.63, 3.8) is 0 Å². The Kier molecular flexibility index (Phi) is 3.18.